The van der Waals surface area contributed by atoms with Crippen LogP contribution in [0.2, 0.25) is 0 Å². The molecular formula is C24H27FN4O3. The minimum Gasteiger partial charge on any atom is -0.334 e. The van der Waals surface area contributed by atoms with Crippen LogP contribution in [0.5, 0.6) is 0 Å². The number of hydrogen-bond acceptors (Lipinski definition) is 4. The second-order valence-electron chi connectivity index (χ2n) is 8.60. The zero-order valence-corrected chi connectivity index (χ0v) is 18.1. The summed E-state index contributed by atoms with van der Waals surface area (Å²) in [6, 6.07) is 10.6. The Hall–Kier alpha value is -3.29. The van der Waals surface area contributed by atoms with Crippen molar-refractivity contribution in [3.05, 3.63) is 65.7 Å². The highest BCUT2D eigenvalue weighted by Gasteiger charge is 2.50. The van der Waals surface area contributed by atoms with Crippen molar-refractivity contribution in [1.82, 2.24) is 20.1 Å². The fourth-order valence-corrected chi connectivity index (χ4v) is 4.50. The number of nitrogens with one attached hydrogen (secondary N) is 1. The molecular weight excluding hydrogens is 411 g/mol. The Kier molecular flexibility index (Phi) is 6.21. The number of urea groups is 1. The van der Waals surface area contributed by atoms with Crippen molar-refractivity contribution in [3.8, 4) is 0 Å². The van der Waals surface area contributed by atoms with Gasteiger partial charge in [0.05, 0.1) is 5.69 Å². The summed E-state index contributed by atoms with van der Waals surface area (Å²) in [5, 5.41) is 2.69. The van der Waals surface area contributed by atoms with Crippen molar-refractivity contribution in [3.63, 3.8) is 0 Å². The van der Waals surface area contributed by atoms with Gasteiger partial charge < -0.3 is 10.2 Å². The Morgan fingerprint density at radius 2 is 1.88 bits per heavy atom. The number of amides is 4. The van der Waals surface area contributed by atoms with Crippen molar-refractivity contribution < 1.29 is 18.8 Å². The molecule has 0 spiro atoms. The van der Waals surface area contributed by atoms with Gasteiger partial charge in [0.15, 0.2) is 5.54 Å². The number of pyridine rings is 1. The van der Waals surface area contributed by atoms with Gasteiger partial charge in [-0.2, -0.15) is 0 Å². The molecule has 8 heteroatoms. The van der Waals surface area contributed by atoms with Crippen LogP contribution < -0.4 is 5.32 Å². The summed E-state index contributed by atoms with van der Waals surface area (Å²) in [6.45, 7) is 1.56. The summed E-state index contributed by atoms with van der Waals surface area (Å²) in [6.07, 6.45) is 6.49. The molecule has 1 aliphatic carbocycles. The first-order valence-electron chi connectivity index (χ1n) is 11.0. The van der Waals surface area contributed by atoms with Gasteiger partial charge in [0, 0.05) is 18.8 Å². The molecule has 1 N–H and O–H groups in total. The normalized spacial score (nSPS) is 21.5. The highest BCUT2D eigenvalue weighted by molar-refractivity contribution is 6.09. The van der Waals surface area contributed by atoms with Crippen molar-refractivity contribution >= 4 is 17.8 Å². The lowest BCUT2D eigenvalue weighted by molar-refractivity contribution is -0.141. The number of carbonyl (C=O) groups excluding carboxylic acids is 3. The van der Waals surface area contributed by atoms with E-state index in [0.29, 0.717) is 12.2 Å². The first-order chi connectivity index (χ1) is 15.4. The van der Waals surface area contributed by atoms with Gasteiger partial charge in [-0.1, -0.05) is 37.5 Å². The van der Waals surface area contributed by atoms with Gasteiger partial charge in [0.25, 0.3) is 5.91 Å². The molecule has 4 rings (SSSR count). The van der Waals surface area contributed by atoms with E-state index in [-0.39, 0.29) is 24.3 Å². The second-order valence-corrected chi connectivity index (χ2v) is 8.60. The number of hydrogen-bond donors (Lipinski definition) is 1. The SMILES string of the molecule is CC1(c2ccccn2)NC(=O)N(CC(=O)N(Cc2ccc(F)cc2)C2CCCCC2)C1=O. The topological polar surface area (TPSA) is 82.6 Å². The first kappa shape index (κ1) is 21.9. The van der Waals surface area contributed by atoms with Crippen LogP contribution in [0.4, 0.5) is 9.18 Å². The molecule has 1 aromatic heterocycles. The summed E-state index contributed by atoms with van der Waals surface area (Å²) >= 11 is 0. The van der Waals surface area contributed by atoms with E-state index in [1.165, 1.54) is 12.1 Å². The first-order valence-corrected chi connectivity index (χ1v) is 11.0. The van der Waals surface area contributed by atoms with Crippen LogP contribution in [-0.4, -0.2) is 45.2 Å². The molecule has 1 aromatic carbocycles. The van der Waals surface area contributed by atoms with Crippen molar-refractivity contribution in [2.75, 3.05) is 6.54 Å². The largest absolute Gasteiger partial charge is 0.334 e. The molecule has 168 valence electrons. The van der Waals surface area contributed by atoms with Crippen LogP contribution in [0, 0.1) is 5.82 Å². The van der Waals surface area contributed by atoms with E-state index in [9.17, 15) is 18.8 Å². The van der Waals surface area contributed by atoms with Crippen molar-refractivity contribution in [2.24, 2.45) is 0 Å². The lowest BCUT2D eigenvalue weighted by atomic mass is 9.93. The highest BCUT2D eigenvalue weighted by Crippen LogP contribution is 2.28. The molecule has 1 saturated heterocycles. The molecule has 7 nitrogen and oxygen atoms in total. The Morgan fingerprint density at radius 1 is 1.16 bits per heavy atom. The maximum absolute atomic E-state index is 13.4. The van der Waals surface area contributed by atoms with Crippen LogP contribution in [0.1, 0.15) is 50.3 Å². The number of imide groups is 1. The number of nitrogens with zero attached hydrogens (tertiary/aromatic N) is 3. The lowest BCUT2D eigenvalue weighted by Crippen LogP contribution is -2.48. The average Bonchev–Trinajstić information content (AvgIpc) is 3.03. The Labute approximate surface area is 186 Å². The van der Waals surface area contributed by atoms with Gasteiger partial charge in [-0.05, 0) is 49.6 Å². The monoisotopic (exact) mass is 438 g/mol. The molecule has 1 atom stereocenters. The summed E-state index contributed by atoms with van der Waals surface area (Å²) < 4.78 is 13.3. The number of aromatic nitrogens is 1. The van der Waals surface area contributed by atoms with E-state index in [4.69, 9.17) is 0 Å². The molecule has 0 bridgehead atoms. The predicted octanol–water partition coefficient (Wildman–Crippen LogP) is 3.35. The van der Waals surface area contributed by atoms with Gasteiger partial charge in [-0.3, -0.25) is 19.5 Å². The van der Waals surface area contributed by atoms with Gasteiger partial charge in [0.2, 0.25) is 5.91 Å². The number of benzene rings is 1. The van der Waals surface area contributed by atoms with E-state index in [2.05, 4.69) is 10.3 Å². The van der Waals surface area contributed by atoms with E-state index in [1.54, 1.807) is 48.4 Å². The van der Waals surface area contributed by atoms with Crippen molar-refractivity contribution in [2.45, 2.75) is 57.2 Å². The van der Waals surface area contributed by atoms with Crippen LogP contribution in [-0.2, 0) is 21.7 Å². The zero-order valence-electron chi connectivity index (χ0n) is 18.1. The predicted molar refractivity (Wildman–Crippen MR) is 116 cm³/mol. The van der Waals surface area contributed by atoms with Gasteiger partial charge in [0.1, 0.15) is 12.4 Å². The minimum atomic E-state index is -1.31. The van der Waals surface area contributed by atoms with Crippen LogP contribution in [0.15, 0.2) is 48.7 Å². The standard InChI is InChI=1S/C24H27FN4O3/c1-24(20-9-5-6-14-26-20)22(31)29(23(32)27-24)16-21(30)28(19-7-3-2-4-8-19)15-17-10-12-18(25)13-11-17/h5-6,9-14,19H,2-4,7-8,15-16H2,1H3,(H,27,32). The summed E-state index contributed by atoms with van der Waals surface area (Å²) in [5.74, 6) is -1.13. The molecule has 1 saturated carbocycles. The Balaban J connectivity index is 1.54. The Morgan fingerprint density at radius 3 is 2.53 bits per heavy atom. The molecule has 1 unspecified atom stereocenters. The molecule has 2 fully saturated rings. The number of carbonyl (C=O) groups is 3. The third kappa shape index (κ3) is 4.35. The highest BCUT2D eigenvalue weighted by atomic mass is 19.1. The van der Waals surface area contributed by atoms with Gasteiger partial charge >= 0.3 is 6.03 Å². The molecule has 32 heavy (non-hydrogen) atoms. The minimum absolute atomic E-state index is 0.0317. The molecule has 2 aromatic rings. The summed E-state index contributed by atoms with van der Waals surface area (Å²) in [7, 11) is 0. The summed E-state index contributed by atoms with van der Waals surface area (Å²) in [5.41, 5.74) is -0.0878. The molecule has 4 amide bonds. The van der Waals surface area contributed by atoms with Gasteiger partial charge in [-0.25, -0.2) is 9.18 Å². The maximum Gasteiger partial charge on any atom is 0.325 e. The van der Waals surface area contributed by atoms with Crippen molar-refractivity contribution in [1.29, 1.82) is 0 Å². The zero-order chi connectivity index (χ0) is 22.7. The quantitative estimate of drug-likeness (QED) is 0.702. The fraction of sp³-hybridized carbons (Fsp3) is 0.417. The third-order valence-electron chi connectivity index (χ3n) is 6.35. The van der Waals surface area contributed by atoms with E-state index in [1.807, 2.05) is 0 Å². The molecule has 2 heterocycles. The van der Waals surface area contributed by atoms with E-state index < -0.39 is 17.5 Å². The fourth-order valence-electron chi connectivity index (χ4n) is 4.50. The van der Waals surface area contributed by atoms with Gasteiger partial charge in [-0.15, -0.1) is 0 Å². The smallest absolute Gasteiger partial charge is 0.325 e. The van der Waals surface area contributed by atoms with Crippen LogP contribution in [0.3, 0.4) is 0 Å². The van der Waals surface area contributed by atoms with E-state index in [0.717, 1.165) is 42.6 Å². The molecule has 0 radical (unpaired) electrons. The molecule has 2 aliphatic rings. The van der Waals surface area contributed by atoms with Crippen LogP contribution >= 0.6 is 0 Å². The van der Waals surface area contributed by atoms with Crippen LogP contribution in [0.25, 0.3) is 0 Å². The number of rotatable bonds is 6. The second kappa shape index (κ2) is 9.06. The molecule has 1 aliphatic heterocycles. The lowest BCUT2D eigenvalue weighted by Gasteiger charge is -2.35. The average molecular weight is 439 g/mol. The Bertz CT molecular complexity index is 992. The third-order valence-corrected chi connectivity index (χ3v) is 6.35. The summed E-state index contributed by atoms with van der Waals surface area (Å²) in [4.78, 5) is 46.1. The number of halogens is 1. The van der Waals surface area contributed by atoms with E-state index >= 15 is 0 Å². The maximum atomic E-state index is 13.4.